The zero-order valence-electron chi connectivity index (χ0n) is 13.6. The van der Waals surface area contributed by atoms with Crippen LogP contribution in [0.5, 0.6) is 0 Å². The second-order valence-corrected chi connectivity index (χ2v) is 5.96. The molecule has 0 aliphatic rings. The standard InChI is InChI=1S/C19H26N2/c1-15-14-18(21(3)4)12-13-19(15)20-16(2)10-11-17-8-6-5-7-9-17/h5-9,12-14,16,20H,10-11H2,1-4H3. The molecule has 2 aromatic rings. The van der Waals surface area contributed by atoms with E-state index < -0.39 is 0 Å². The molecular formula is C19H26N2. The maximum absolute atomic E-state index is 3.63. The first-order chi connectivity index (χ1) is 10.1. The van der Waals surface area contributed by atoms with Crippen LogP contribution in [0.1, 0.15) is 24.5 Å². The normalized spacial score (nSPS) is 12.0. The van der Waals surface area contributed by atoms with Gasteiger partial charge in [-0.2, -0.15) is 0 Å². The SMILES string of the molecule is Cc1cc(N(C)C)ccc1NC(C)CCc1ccccc1. The monoisotopic (exact) mass is 282 g/mol. The highest BCUT2D eigenvalue weighted by atomic mass is 15.1. The van der Waals surface area contributed by atoms with Crippen LogP contribution in [0.25, 0.3) is 0 Å². The Labute approximate surface area is 128 Å². The van der Waals surface area contributed by atoms with Gasteiger partial charge in [0, 0.05) is 31.5 Å². The second kappa shape index (κ2) is 7.16. The summed E-state index contributed by atoms with van der Waals surface area (Å²) in [5.74, 6) is 0. The minimum Gasteiger partial charge on any atom is -0.382 e. The number of anilines is 2. The lowest BCUT2D eigenvalue weighted by atomic mass is 10.1. The molecule has 1 atom stereocenters. The van der Waals surface area contributed by atoms with Gasteiger partial charge in [0.15, 0.2) is 0 Å². The molecule has 0 spiro atoms. The molecule has 0 radical (unpaired) electrons. The average molecular weight is 282 g/mol. The van der Waals surface area contributed by atoms with Crippen molar-refractivity contribution in [3.05, 3.63) is 59.7 Å². The van der Waals surface area contributed by atoms with Gasteiger partial charge in [0.2, 0.25) is 0 Å². The summed E-state index contributed by atoms with van der Waals surface area (Å²) in [6.07, 6.45) is 2.25. The van der Waals surface area contributed by atoms with Crippen LogP contribution in [-0.2, 0) is 6.42 Å². The highest BCUT2D eigenvalue weighted by molar-refractivity contribution is 5.60. The summed E-state index contributed by atoms with van der Waals surface area (Å²) in [5.41, 5.74) is 5.19. The van der Waals surface area contributed by atoms with Crippen molar-refractivity contribution in [2.45, 2.75) is 32.7 Å². The first kappa shape index (κ1) is 15.4. The Morgan fingerprint density at radius 1 is 1.05 bits per heavy atom. The van der Waals surface area contributed by atoms with E-state index in [2.05, 4.69) is 86.7 Å². The summed E-state index contributed by atoms with van der Waals surface area (Å²) in [6.45, 7) is 4.42. The van der Waals surface area contributed by atoms with Crippen molar-refractivity contribution in [1.82, 2.24) is 0 Å². The number of benzene rings is 2. The molecule has 2 rings (SSSR count). The van der Waals surface area contributed by atoms with Crippen molar-refractivity contribution in [2.75, 3.05) is 24.3 Å². The van der Waals surface area contributed by atoms with Crippen molar-refractivity contribution in [2.24, 2.45) is 0 Å². The predicted octanol–water partition coefficient (Wildman–Crippen LogP) is 4.49. The van der Waals surface area contributed by atoms with Crippen LogP contribution >= 0.6 is 0 Å². The predicted molar refractivity (Wildman–Crippen MR) is 93.4 cm³/mol. The van der Waals surface area contributed by atoms with Crippen LogP contribution < -0.4 is 10.2 Å². The van der Waals surface area contributed by atoms with E-state index in [-0.39, 0.29) is 0 Å². The zero-order chi connectivity index (χ0) is 15.2. The number of hydrogen-bond acceptors (Lipinski definition) is 2. The Bertz CT molecular complexity index is 561. The van der Waals surface area contributed by atoms with E-state index in [1.54, 1.807) is 0 Å². The number of nitrogens with zero attached hydrogens (tertiary/aromatic N) is 1. The van der Waals surface area contributed by atoms with E-state index in [0.717, 1.165) is 12.8 Å². The highest BCUT2D eigenvalue weighted by Gasteiger charge is 2.06. The van der Waals surface area contributed by atoms with Crippen molar-refractivity contribution < 1.29 is 0 Å². The van der Waals surface area contributed by atoms with Crippen LogP contribution in [0.2, 0.25) is 0 Å². The average Bonchev–Trinajstić information content (AvgIpc) is 2.48. The highest BCUT2D eigenvalue weighted by Crippen LogP contribution is 2.22. The molecule has 1 N–H and O–H groups in total. The van der Waals surface area contributed by atoms with Gasteiger partial charge in [-0.05, 0) is 56.0 Å². The molecule has 0 saturated carbocycles. The van der Waals surface area contributed by atoms with Gasteiger partial charge in [0.05, 0.1) is 0 Å². The molecule has 1 unspecified atom stereocenters. The fourth-order valence-electron chi connectivity index (χ4n) is 2.45. The lowest BCUT2D eigenvalue weighted by Crippen LogP contribution is -2.17. The van der Waals surface area contributed by atoms with Crippen molar-refractivity contribution >= 4 is 11.4 Å². The molecule has 0 aliphatic carbocycles. The quantitative estimate of drug-likeness (QED) is 0.839. The fourth-order valence-corrected chi connectivity index (χ4v) is 2.45. The maximum Gasteiger partial charge on any atom is 0.0373 e. The largest absolute Gasteiger partial charge is 0.382 e. The van der Waals surface area contributed by atoms with Gasteiger partial charge in [0.1, 0.15) is 0 Å². The molecular weight excluding hydrogens is 256 g/mol. The van der Waals surface area contributed by atoms with Crippen LogP contribution in [0, 0.1) is 6.92 Å². The summed E-state index contributed by atoms with van der Waals surface area (Å²) in [7, 11) is 4.15. The Balaban J connectivity index is 1.92. The molecule has 0 saturated heterocycles. The molecule has 0 heterocycles. The smallest absolute Gasteiger partial charge is 0.0373 e. The van der Waals surface area contributed by atoms with Crippen LogP contribution in [-0.4, -0.2) is 20.1 Å². The molecule has 112 valence electrons. The number of rotatable bonds is 6. The van der Waals surface area contributed by atoms with Gasteiger partial charge in [-0.15, -0.1) is 0 Å². The molecule has 0 amide bonds. The first-order valence-corrected chi connectivity index (χ1v) is 7.64. The lowest BCUT2D eigenvalue weighted by molar-refractivity contribution is 0.705. The molecule has 0 fully saturated rings. The third kappa shape index (κ3) is 4.52. The number of hydrogen-bond donors (Lipinski definition) is 1. The Morgan fingerprint density at radius 2 is 1.76 bits per heavy atom. The number of nitrogens with one attached hydrogen (secondary N) is 1. The van der Waals surface area contributed by atoms with E-state index in [1.165, 1.54) is 22.5 Å². The van der Waals surface area contributed by atoms with Crippen molar-refractivity contribution in [1.29, 1.82) is 0 Å². The maximum atomic E-state index is 3.63. The van der Waals surface area contributed by atoms with Gasteiger partial charge >= 0.3 is 0 Å². The number of aryl methyl sites for hydroxylation is 2. The zero-order valence-corrected chi connectivity index (χ0v) is 13.6. The summed E-state index contributed by atoms with van der Waals surface area (Å²) in [6, 6.07) is 17.7. The van der Waals surface area contributed by atoms with Gasteiger partial charge in [0.25, 0.3) is 0 Å². The minimum atomic E-state index is 0.467. The van der Waals surface area contributed by atoms with Crippen LogP contribution in [0.4, 0.5) is 11.4 Å². The Kier molecular flexibility index (Phi) is 5.26. The summed E-state index contributed by atoms with van der Waals surface area (Å²) in [4.78, 5) is 2.13. The topological polar surface area (TPSA) is 15.3 Å². The minimum absolute atomic E-state index is 0.467. The first-order valence-electron chi connectivity index (χ1n) is 7.64. The second-order valence-electron chi connectivity index (χ2n) is 5.96. The van der Waals surface area contributed by atoms with E-state index in [9.17, 15) is 0 Å². The van der Waals surface area contributed by atoms with Gasteiger partial charge in [-0.25, -0.2) is 0 Å². The van der Waals surface area contributed by atoms with E-state index in [4.69, 9.17) is 0 Å². The summed E-state index contributed by atoms with van der Waals surface area (Å²) < 4.78 is 0. The Morgan fingerprint density at radius 3 is 2.38 bits per heavy atom. The van der Waals surface area contributed by atoms with E-state index in [0.29, 0.717) is 6.04 Å². The fraction of sp³-hybridized carbons (Fsp3) is 0.368. The molecule has 2 aromatic carbocycles. The van der Waals surface area contributed by atoms with Crippen molar-refractivity contribution in [3.63, 3.8) is 0 Å². The third-order valence-corrected chi connectivity index (χ3v) is 3.84. The third-order valence-electron chi connectivity index (χ3n) is 3.84. The van der Waals surface area contributed by atoms with Crippen LogP contribution in [0.15, 0.2) is 48.5 Å². The lowest BCUT2D eigenvalue weighted by Gasteiger charge is -2.19. The molecule has 2 heteroatoms. The molecule has 0 aromatic heterocycles. The van der Waals surface area contributed by atoms with E-state index >= 15 is 0 Å². The molecule has 0 aliphatic heterocycles. The van der Waals surface area contributed by atoms with Crippen LogP contribution in [0.3, 0.4) is 0 Å². The van der Waals surface area contributed by atoms with Gasteiger partial charge < -0.3 is 10.2 Å². The van der Waals surface area contributed by atoms with Crippen molar-refractivity contribution in [3.8, 4) is 0 Å². The molecule has 21 heavy (non-hydrogen) atoms. The Hall–Kier alpha value is -1.96. The molecule has 2 nitrogen and oxygen atoms in total. The van der Waals surface area contributed by atoms with Gasteiger partial charge in [-0.1, -0.05) is 30.3 Å². The summed E-state index contributed by atoms with van der Waals surface area (Å²) >= 11 is 0. The van der Waals surface area contributed by atoms with E-state index in [1.807, 2.05) is 0 Å². The summed E-state index contributed by atoms with van der Waals surface area (Å²) in [5, 5.41) is 3.63. The molecule has 0 bridgehead atoms. The van der Waals surface area contributed by atoms with Gasteiger partial charge in [-0.3, -0.25) is 0 Å².